The van der Waals surface area contributed by atoms with E-state index in [1.165, 1.54) is 0 Å². The van der Waals surface area contributed by atoms with Crippen LogP contribution in [0, 0.1) is 13.8 Å². The highest BCUT2D eigenvalue weighted by Crippen LogP contribution is 2.40. The largest absolute Gasteiger partial charge is 0.497 e. The van der Waals surface area contributed by atoms with Crippen LogP contribution in [0.15, 0.2) is 74.3 Å². The van der Waals surface area contributed by atoms with Crippen molar-refractivity contribution in [3.63, 3.8) is 0 Å². The molecule has 0 spiro atoms. The molecule has 1 aliphatic rings. The summed E-state index contributed by atoms with van der Waals surface area (Å²) in [6.45, 7) is 4.18. The Morgan fingerprint density at radius 2 is 1.70 bits per heavy atom. The van der Waals surface area contributed by atoms with E-state index < -0.39 is 6.04 Å². The van der Waals surface area contributed by atoms with Gasteiger partial charge in [0.2, 0.25) is 5.76 Å². The van der Waals surface area contributed by atoms with E-state index in [1.54, 1.807) is 12.0 Å². The summed E-state index contributed by atoms with van der Waals surface area (Å²) in [6, 6.07) is 18.5. The SMILES string of the molecule is COc1ccc(CN2C(=O)c3oc4c(C)cc(C)cc4c(=O)c3C2c2ccc(Br)cc2)cc1. The quantitative estimate of drug-likeness (QED) is 0.346. The highest BCUT2D eigenvalue weighted by Gasteiger charge is 2.42. The standard InChI is InChI=1S/C27H22BrNO4/c1-15-12-16(2)25-21(13-15)24(30)22-23(18-6-8-19(28)9-7-18)29(27(31)26(22)33-25)14-17-4-10-20(32-3)11-5-17/h4-13,23H,14H2,1-3H3. The first kappa shape index (κ1) is 21.5. The van der Waals surface area contributed by atoms with Crippen molar-refractivity contribution >= 4 is 32.8 Å². The van der Waals surface area contributed by atoms with Crippen molar-refractivity contribution in [3.8, 4) is 5.75 Å². The van der Waals surface area contributed by atoms with E-state index in [2.05, 4.69) is 15.9 Å². The van der Waals surface area contributed by atoms with Gasteiger partial charge in [-0.1, -0.05) is 46.3 Å². The number of nitrogens with zero attached hydrogens (tertiary/aromatic N) is 1. The van der Waals surface area contributed by atoms with Crippen LogP contribution in [-0.4, -0.2) is 17.9 Å². The lowest BCUT2D eigenvalue weighted by atomic mass is 9.97. The van der Waals surface area contributed by atoms with E-state index in [-0.39, 0.29) is 17.1 Å². The first-order chi connectivity index (χ1) is 15.9. The molecular formula is C27H22BrNO4. The molecule has 0 bridgehead atoms. The van der Waals surface area contributed by atoms with Crippen molar-refractivity contribution in [2.75, 3.05) is 7.11 Å². The van der Waals surface area contributed by atoms with Gasteiger partial charge in [0.25, 0.3) is 5.91 Å². The number of rotatable bonds is 4. The zero-order valence-electron chi connectivity index (χ0n) is 18.5. The monoisotopic (exact) mass is 503 g/mol. The fourth-order valence-corrected chi connectivity index (χ4v) is 4.82. The molecule has 1 amide bonds. The third-order valence-corrected chi connectivity index (χ3v) is 6.62. The topological polar surface area (TPSA) is 59.8 Å². The van der Waals surface area contributed by atoms with E-state index in [0.29, 0.717) is 23.1 Å². The van der Waals surface area contributed by atoms with Gasteiger partial charge in [-0.05, 0) is 66.4 Å². The van der Waals surface area contributed by atoms with Gasteiger partial charge in [-0.3, -0.25) is 9.59 Å². The van der Waals surface area contributed by atoms with E-state index >= 15 is 0 Å². The van der Waals surface area contributed by atoms with Gasteiger partial charge >= 0.3 is 0 Å². The molecule has 33 heavy (non-hydrogen) atoms. The Bertz CT molecular complexity index is 1440. The van der Waals surface area contributed by atoms with Crippen LogP contribution in [0.5, 0.6) is 5.75 Å². The number of carbonyl (C=O) groups is 1. The maximum atomic E-state index is 13.7. The highest BCUT2D eigenvalue weighted by atomic mass is 79.9. The molecule has 0 aliphatic carbocycles. The smallest absolute Gasteiger partial charge is 0.291 e. The van der Waals surface area contributed by atoms with E-state index in [9.17, 15) is 9.59 Å². The Morgan fingerprint density at radius 3 is 2.36 bits per heavy atom. The Balaban J connectivity index is 1.71. The molecule has 1 aliphatic heterocycles. The van der Waals surface area contributed by atoms with Gasteiger partial charge in [0.15, 0.2) is 5.43 Å². The maximum absolute atomic E-state index is 13.7. The van der Waals surface area contributed by atoms with Crippen LogP contribution in [0.2, 0.25) is 0 Å². The van der Waals surface area contributed by atoms with Crippen LogP contribution in [-0.2, 0) is 6.54 Å². The number of aryl methyl sites for hydroxylation is 2. The Morgan fingerprint density at radius 1 is 1.00 bits per heavy atom. The number of methoxy groups -OCH3 is 1. The van der Waals surface area contributed by atoms with Crippen molar-refractivity contribution in [2.45, 2.75) is 26.4 Å². The van der Waals surface area contributed by atoms with E-state index in [4.69, 9.17) is 9.15 Å². The van der Waals surface area contributed by atoms with Gasteiger partial charge < -0.3 is 14.1 Å². The van der Waals surface area contributed by atoms with Crippen LogP contribution in [0.25, 0.3) is 11.0 Å². The maximum Gasteiger partial charge on any atom is 0.291 e. The molecule has 0 N–H and O–H groups in total. The summed E-state index contributed by atoms with van der Waals surface area (Å²) in [5.41, 5.74) is 4.32. The van der Waals surface area contributed by atoms with Crippen LogP contribution >= 0.6 is 15.9 Å². The summed E-state index contributed by atoms with van der Waals surface area (Å²) in [6.07, 6.45) is 0. The minimum Gasteiger partial charge on any atom is -0.497 e. The number of amides is 1. The molecule has 5 nitrogen and oxygen atoms in total. The second-order valence-corrected chi connectivity index (χ2v) is 9.28. The summed E-state index contributed by atoms with van der Waals surface area (Å²) in [5.74, 6) is 0.585. The van der Waals surface area contributed by atoms with Gasteiger partial charge in [-0.2, -0.15) is 0 Å². The third kappa shape index (κ3) is 3.64. The Labute approximate surface area is 199 Å². The molecule has 1 atom stereocenters. The molecule has 1 aromatic heterocycles. The van der Waals surface area contributed by atoms with Gasteiger partial charge in [0.1, 0.15) is 11.3 Å². The molecule has 0 saturated carbocycles. The summed E-state index contributed by atoms with van der Waals surface area (Å²) in [7, 11) is 1.62. The molecule has 1 unspecified atom stereocenters. The van der Waals surface area contributed by atoms with Gasteiger partial charge in [0, 0.05) is 11.0 Å². The summed E-state index contributed by atoms with van der Waals surface area (Å²) in [4.78, 5) is 29.1. The van der Waals surface area contributed by atoms with Gasteiger partial charge in [-0.15, -0.1) is 0 Å². The van der Waals surface area contributed by atoms with Crippen LogP contribution in [0.4, 0.5) is 0 Å². The number of halogens is 1. The second kappa shape index (κ2) is 8.19. The molecule has 5 rings (SSSR count). The Hall–Kier alpha value is -3.38. The summed E-state index contributed by atoms with van der Waals surface area (Å²) < 4.78 is 12.3. The first-order valence-corrected chi connectivity index (χ1v) is 11.4. The van der Waals surface area contributed by atoms with Crippen molar-refractivity contribution in [2.24, 2.45) is 0 Å². The fraction of sp³-hybridized carbons (Fsp3) is 0.185. The predicted molar refractivity (Wildman–Crippen MR) is 131 cm³/mol. The van der Waals surface area contributed by atoms with Crippen molar-refractivity contribution in [1.82, 2.24) is 4.90 Å². The predicted octanol–water partition coefficient (Wildman–Crippen LogP) is 5.93. The van der Waals surface area contributed by atoms with Crippen LogP contribution in [0.1, 0.15) is 44.4 Å². The minimum absolute atomic E-state index is 0.126. The third-order valence-electron chi connectivity index (χ3n) is 6.09. The summed E-state index contributed by atoms with van der Waals surface area (Å²) in [5, 5.41) is 0.507. The average Bonchev–Trinajstić information content (AvgIpc) is 3.08. The average molecular weight is 504 g/mol. The highest BCUT2D eigenvalue weighted by molar-refractivity contribution is 9.10. The Kier molecular flexibility index (Phi) is 5.33. The molecule has 3 aromatic carbocycles. The van der Waals surface area contributed by atoms with Crippen molar-refractivity contribution in [3.05, 3.63) is 109 Å². The number of hydrogen-bond acceptors (Lipinski definition) is 4. The van der Waals surface area contributed by atoms with E-state index in [0.717, 1.165) is 32.5 Å². The molecule has 4 aromatic rings. The van der Waals surface area contributed by atoms with Crippen LogP contribution < -0.4 is 10.2 Å². The lowest BCUT2D eigenvalue weighted by Crippen LogP contribution is -2.29. The molecule has 6 heteroatoms. The second-order valence-electron chi connectivity index (χ2n) is 8.37. The molecule has 0 radical (unpaired) electrons. The lowest BCUT2D eigenvalue weighted by molar-refractivity contribution is 0.0714. The zero-order chi connectivity index (χ0) is 23.3. The molecule has 0 fully saturated rings. The lowest BCUT2D eigenvalue weighted by Gasteiger charge is -2.25. The normalized spacial score (nSPS) is 15.2. The van der Waals surface area contributed by atoms with Gasteiger partial charge in [0.05, 0.1) is 24.1 Å². The van der Waals surface area contributed by atoms with E-state index in [1.807, 2.05) is 74.5 Å². The number of fused-ring (bicyclic) bond motifs is 2. The fourth-order valence-electron chi connectivity index (χ4n) is 4.56. The number of carbonyl (C=O) groups excluding carboxylic acids is 1. The number of ether oxygens (including phenoxy) is 1. The minimum atomic E-state index is -0.538. The van der Waals surface area contributed by atoms with Crippen molar-refractivity contribution in [1.29, 1.82) is 0 Å². The molecule has 2 heterocycles. The van der Waals surface area contributed by atoms with Gasteiger partial charge in [-0.25, -0.2) is 0 Å². The number of benzene rings is 3. The number of hydrogen-bond donors (Lipinski definition) is 0. The van der Waals surface area contributed by atoms with Crippen LogP contribution in [0.3, 0.4) is 0 Å². The first-order valence-electron chi connectivity index (χ1n) is 10.6. The van der Waals surface area contributed by atoms with Crippen molar-refractivity contribution < 1.29 is 13.9 Å². The molecule has 166 valence electrons. The zero-order valence-corrected chi connectivity index (χ0v) is 20.1. The summed E-state index contributed by atoms with van der Waals surface area (Å²) >= 11 is 3.47. The molecular weight excluding hydrogens is 482 g/mol. The molecule has 0 saturated heterocycles.